The van der Waals surface area contributed by atoms with Crippen molar-refractivity contribution in [3.63, 3.8) is 0 Å². The minimum absolute atomic E-state index is 0.912. The number of hydrogen-bond donors (Lipinski definition) is 2. The number of nitrogens with one attached hydrogen (secondary N) is 2. The molecule has 5 aromatic heterocycles. The summed E-state index contributed by atoms with van der Waals surface area (Å²) in [5.41, 5.74) is 9.64. The third-order valence-corrected chi connectivity index (χ3v) is 7.58. The lowest BCUT2D eigenvalue weighted by Crippen LogP contribution is -2.18. The van der Waals surface area contributed by atoms with Crippen molar-refractivity contribution < 1.29 is 0 Å². The summed E-state index contributed by atoms with van der Waals surface area (Å²) < 4.78 is 0. The quantitative estimate of drug-likeness (QED) is 0.298. The van der Waals surface area contributed by atoms with Crippen LogP contribution < -0.4 is 0 Å². The third kappa shape index (κ3) is 3.73. The van der Waals surface area contributed by atoms with Gasteiger partial charge in [0.05, 0.1) is 16.9 Å². The number of hydrogen-bond acceptors (Lipinski definition) is 5. The minimum Gasteiger partial charge on any atom is -0.353 e. The van der Waals surface area contributed by atoms with Gasteiger partial charge in [-0.3, -0.25) is 20.0 Å². The molecular formula is C28H24N6S. The molecule has 172 valence electrons. The maximum Gasteiger partial charge on any atom is 0.116 e. The highest BCUT2D eigenvalue weighted by Gasteiger charge is 2.16. The molecule has 2 N–H and O–H groups in total. The summed E-state index contributed by atoms with van der Waals surface area (Å²) in [6.45, 7) is 3.33. The summed E-state index contributed by atoms with van der Waals surface area (Å²) in [6.07, 6.45) is 8.40. The zero-order valence-corrected chi connectivity index (χ0v) is 20.0. The molecule has 1 fully saturated rings. The highest BCUT2D eigenvalue weighted by atomic mass is 32.1. The van der Waals surface area contributed by atoms with Gasteiger partial charge in [-0.1, -0.05) is 6.07 Å². The lowest BCUT2D eigenvalue weighted by atomic mass is 10.0. The number of thiophene rings is 1. The molecule has 1 aliphatic rings. The fourth-order valence-electron chi connectivity index (χ4n) is 5.14. The summed E-state index contributed by atoms with van der Waals surface area (Å²) >= 11 is 1.68. The van der Waals surface area contributed by atoms with E-state index in [9.17, 15) is 0 Å². The zero-order chi connectivity index (χ0) is 23.2. The number of likely N-dealkylation sites (tertiary alicyclic amines) is 1. The van der Waals surface area contributed by atoms with Gasteiger partial charge in [-0.2, -0.15) is 16.4 Å². The molecule has 6 nitrogen and oxygen atoms in total. The van der Waals surface area contributed by atoms with Crippen LogP contribution in [-0.2, 0) is 6.54 Å². The van der Waals surface area contributed by atoms with Gasteiger partial charge in [-0.05, 0) is 78.8 Å². The predicted octanol–water partition coefficient (Wildman–Crippen LogP) is 6.49. The minimum atomic E-state index is 0.912. The lowest BCUT2D eigenvalue weighted by Gasteiger charge is -2.14. The molecule has 0 atom stereocenters. The van der Waals surface area contributed by atoms with E-state index in [1.807, 2.05) is 24.7 Å². The van der Waals surface area contributed by atoms with Gasteiger partial charge < -0.3 is 4.98 Å². The zero-order valence-electron chi connectivity index (χ0n) is 19.2. The number of pyridine rings is 2. The first-order valence-electron chi connectivity index (χ1n) is 12.0. The molecule has 1 aliphatic heterocycles. The molecule has 1 aromatic carbocycles. The average molecular weight is 477 g/mol. The summed E-state index contributed by atoms with van der Waals surface area (Å²) in [6, 6.07) is 15.0. The molecule has 0 amide bonds. The van der Waals surface area contributed by atoms with E-state index in [0.717, 1.165) is 62.1 Å². The lowest BCUT2D eigenvalue weighted by molar-refractivity contribution is 0.331. The van der Waals surface area contributed by atoms with E-state index in [-0.39, 0.29) is 0 Å². The summed E-state index contributed by atoms with van der Waals surface area (Å²) in [4.78, 5) is 15.3. The highest BCUT2D eigenvalue weighted by molar-refractivity contribution is 7.08. The van der Waals surface area contributed by atoms with E-state index in [1.54, 1.807) is 11.3 Å². The molecule has 0 aliphatic carbocycles. The fourth-order valence-corrected chi connectivity index (χ4v) is 5.78. The Morgan fingerprint density at radius 1 is 0.857 bits per heavy atom. The SMILES string of the molecule is c1cc2[nH]c(-c3n[nH]c4ccc(-c5cncc(CN6CCCC6)c5)cc34)cc2c(-c2ccsc2)n1. The van der Waals surface area contributed by atoms with Crippen molar-refractivity contribution in [1.82, 2.24) is 30.0 Å². The van der Waals surface area contributed by atoms with Gasteiger partial charge in [0.15, 0.2) is 0 Å². The van der Waals surface area contributed by atoms with E-state index < -0.39 is 0 Å². The molecule has 1 saturated heterocycles. The van der Waals surface area contributed by atoms with Crippen molar-refractivity contribution in [2.75, 3.05) is 13.1 Å². The van der Waals surface area contributed by atoms with Gasteiger partial charge in [0.1, 0.15) is 5.69 Å². The molecule has 0 spiro atoms. The molecule has 0 radical (unpaired) electrons. The number of aromatic amines is 2. The van der Waals surface area contributed by atoms with E-state index in [4.69, 9.17) is 0 Å². The Labute approximate surface area is 206 Å². The van der Waals surface area contributed by atoms with Crippen LogP contribution in [0.2, 0.25) is 0 Å². The van der Waals surface area contributed by atoms with Crippen LogP contribution in [0.3, 0.4) is 0 Å². The second-order valence-electron chi connectivity index (χ2n) is 9.21. The van der Waals surface area contributed by atoms with Gasteiger partial charge in [0.25, 0.3) is 0 Å². The smallest absolute Gasteiger partial charge is 0.116 e. The van der Waals surface area contributed by atoms with E-state index in [0.29, 0.717) is 0 Å². The number of nitrogens with zero attached hydrogens (tertiary/aromatic N) is 4. The van der Waals surface area contributed by atoms with Gasteiger partial charge in [0, 0.05) is 57.9 Å². The van der Waals surface area contributed by atoms with Crippen LogP contribution in [0.25, 0.3) is 55.6 Å². The van der Waals surface area contributed by atoms with Crippen LogP contribution in [-0.4, -0.2) is 43.1 Å². The Kier molecular flexibility index (Phi) is 4.96. The molecule has 0 unspecified atom stereocenters. The topological polar surface area (TPSA) is 73.5 Å². The Morgan fingerprint density at radius 3 is 2.66 bits per heavy atom. The van der Waals surface area contributed by atoms with E-state index in [1.165, 1.54) is 31.5 Å². The van der Waals surface area contributed by atoms with Gasteiger partial charge in [-0.15, -0.1) is 0 Å². The predicted molar refractivity (Wildman–Crippen MR) is 142 cm³/mol. The number of benzene rings is 1. The second kappa shape index (κ2) is 8.45. The molecule has 7 rings (SSSR count). The van der Waals surface area contributed by atoms with Gasteiger partial charge >= 0.3 is 0 Å². The monoisotopic (exact) mass is 476 g/mol. The molecule has 0 bridgehead atoms. The summed E-state index contributed by atoms with van der Waals surface area (Å²) in [7, 11) is 0. The molecule has 6 aromatic rings. The summed E-state index contributed by atoms with van der Waals surface area (Å²) in [5, 5.41) is 14.3. The van der Waals surface area contributed by atoms with Crippen molar-refractivity contribution in [1.29, 1.82) is 0 Å². The molecule has 35 heavy (non-hydrogen) atoms. The average Bonchev–Trinajstić information content (AvgIpc) is 3.70. The largest absolute Gasteiger partial charge is 0.353 e. The third-order valence-electron chi connectivity index (χ3n) is 6.89. The first kappa shape index (κ1) is 20.6. The Bertz CT molecular complexity index is 1640. The maximum absolute atomic E-state index is 4.68. The van der Waals surface area contributed by atoms with E-state index >= 15 is 0 Å². The van der Waals surface area contributed by atoms with E-state index in [2.05, 4.69) is 77.2 Å². The maximum atomic E-state index is 4.68. The van der Waals surface area contributed by atoms with Crippen molar-refractivity contribution in [2.24, 2.45) is 0 Å². The van der Waals surface area contributed by atoms with Crippen LogP contribution in [0.4, 0.5) is 0 Å². The van der Waals surface area contributed by atoms with Crippen molar-refractivity contribution in [3.8, 4) is 33.8 Å². The Morgan fingerprint density at radius 2 is 1.77 bits per heavy atom. The fraction of sp³-hybridized carbons (Fsp3) is 0.179. The van der Waals surface area contributed by atoms with Crippen molar-refractivity contribution >= 4 is 33.1 Å². The van der Waals surface area contributed by atoms with Crippen LogP contribution >= 0.6 is 11.3 Å². The molecule has 0 saturated carbocycles. The van der Waals surface area contributed by atoms with Crippen molar-refractivity contribution in [3.05, 3.63) is 77.4 Å². The normalized spacial score (nSPS) is 14.4. The number of rotatable bonds is 5. The van der Waals surface area contributed by atoms with Crippen LogP contribution in [0, 0.1) is 0 Å². The Balaban J connectivity index is 1.28. The Hall–Kier alpha value is -3.81. The van der Waals surface area contributed by atoms with Gasteiger partial charge in [-0.25, -0.2) is 0 Å². The van der Waals surface area contributed by atoms with Crippen LogP contribution in [0.1, 0.15) is 18.4 Å². The highest BCUT2D eigenvalue weighted by Crippen LogP contribution is 2.35. The standard InChI is InChI=1S/C28H24N6S/c1-2-9-34(8-1)16-18-11-21(15-29-14-18)19-3-4-25-22(12-19)28(33-32-25)26-13-23-24(31-26)5-7-30-27(23)20-6-10-35-17-20/h3-7,10-15,17,31H,1-2,8-9,16H2,(H,32,33). The number of H-pyrrole nitrogens is 2. The van der Waals surface area contributed by atoms with Gasteiger partial charge in [0.2, 0.25) is 0 Å². The first-order chi connectivity index (χ1) is 17.3. The second-order valence-corrected chi connectivity index (χ2v) is 9.99. The summed E-state index contributed by atoms with van der Waals surface area (Å²) in [5.74, 6) is 0. The molecular weight excluding hydrogens is 452 g/mol. The first-order valence-corrected chi connectivity index (χ1v) is 12.9. The molecule has 6 heterocycles. The molecule has 7 heteroatoms. The number of aromatic nitrogens is 5. The van der Waals surface area contributed by atoms with Crippen LogP contribution in [0.15, 0.2) is 71.8 Å². The van der Waals surface area contributed by atoms with Crippen molar-refractivity contribution in [2.45, 2.75) is 19.4 Å². The van der Waals surface area contributed by atoms with Crippen LogP contribution in [0.5, 0.6) is 0 Å². The number of fused-ring (bicyclic) bond motifs is 2.